The van der Waals surface area contributed by atoms with Crippen molar-refractivity contribution in [1.29, 1.82) is 0 Å². The van der Waals surface area contributed by atoms with Gasteiger partial charge in [-0.15, -0.1) is 0 Å². The van der Waals surface area contributed by atoms with E-state index in [1.165, 1.54) is 5.56 Å². The number of fused-ring (bicyclic) bond motifs is 1. The van der Waals surface area contributed by atoms with Gasteiger partial charge in [-0.1, -0.05) is 24.3 Å². The predicted molar refractivity (Wildman–Crippen MR) is 165 cm³/mol. The lowest BCUT2D eigenvalue weighted by Gasteiger charge is -2.32. The topological polar surface area (TPSA) is 71.3 Å². The summed E-state index contributed by atoms with van der Waals surface area (Å²) in [5, 5.41) is 9.35. The molecule has 0 unspecified atom stereocenters. The Morgan fingerprint density at radius 1 is 0.978 bits per heavy atom. The molecule has 1 saturated carbocycles. The summed E-state index contributed by atoms with van der Waals surface area (Å²) in [6, 6.07) is 11.3. The van der Waals surface area contributed by atoms with E-state index < -0.39 is 29.5 Å². The number of nitrogens with one attached hydrogen (secondary N) is 1. The summed E-state index contributed by atoms with van der Waals surface area (Å²) in [6.45, 7) is 8.70. The monoisotopic (exact) mass is 625 g/mol. The summed E-state index contributed by atoms with van der Waals surface area (Å²) in [5.74, 6) is -0.983. The lowest BCUT2D eigenvalue weighted by atomic mass is 9.87. The smallest absolute Gasteiger partial charge is 0.419 e. The Hall–Kier alpha value is -3.77. The molecule has 0 radical (unpaired) electrons. The van der Waals surface area contributed by atoms with E-state index in [9.17, 15) is 17.6 Å². The molecule has 12 heteroatoms. The van der Waals surface area contributed by atoms with E-state index >= 15 is 0 Å². The number of hydrogen-bond donors (Lipinski definition) is 1. The SMILES string of the molecule is CCNc1cc2c(cn1)c(-c1ccc(CN3CCN(C)CC3)cc1)nn2CC1CCC(Oc2nccc(C(F)(F)F)c2F)CC1. The number of hydrogen-bond acceptors (Lipinski definition) is 7. The number of piperazine rings is 1. The molecule has 0 bridgehead atoms. The molecule has 1 aliphatic heterocycles. The Morgan fingerprint density at radius 3 is 2.40 bits per heavy atom. The van der Waals surface area contributed by atoms with Crippen LogP contribution in [0.2, 0.25) is 0 Å². The largest absolute Gasteiger partial charge is 0.472 e. The van der Waals surface area contributed by atoms with Crippen LogP contribution < -0.4 is 10.1 Å². The third-order valence-electron chi connectivity index (χ3n) is 8.89. The van der Waals surface area contributed by atoms with Crippen LogP contribution in [0.5, 0.6) is 5.88 Å². The molecule has 0 atom stereocenters. The van der Waals surface area contributed by atoms with Crippen molar-refractivity contribution in [1.82, 2.24) is 29.5 Å². The lowest BCUT2D eigenvalue weighted by Crippen LogP contribution is -2.43. The van der Waals surface area contributed by atoms with Crippen molar-refractivity contribution in [2.75, 3.05) is 45.1 Å². The number of benzene rings is 1. The van der Waals surface area contributed by atoms with Crippen molar-refractivity contribution in [2.45, 2.75) is 58.0 Å². The maximum absolute atomic E-state index is 14.5. The van der Waals surface area contributed by atoms with E-state index in [0.29, 0.717) is 25.5 Å². The van der Waals surface area contributed by atoms with Gasteiger partial charge in [-0.25, -0.2) is 14.4 Å². The van der Waals surface area contributed by atoms with Gasteiger partial charge in [0.05, 0.1) is 11.1 Å². The van der Waals surface area contributed by atoms with Gasteiger partial charge >= 0.3 is 6.18 Å². The minimum Gasteiger partial charge on any atom is -0.472 e. The highest BCUT2D eigenvalue weighted by atomic mass is 19.4. The predicted octanol–water partition coefficient (Wildman–Crippen LogP) is 6.47. The Labute approximate surface area is 260 Å². The second-order valence-electron chi connectivity index (χ2n) is 12.2. The molecular weight excluding hydrogens is 586 g/mol. The number of pyridine rings is 2. The molecule has 45 heavy (non-hydrogen) atoms. The number of likely N-dealkylation sites (N-methyl/N-ethyl adjacent to an activating group) is 1. The first-order chi connectivity index (χ1) is 21.7. The van der Waals surface area contributed by atoms with E-state index in [0.717, 1.165) is 86.3 Å². The minimum absolute atomic E-state index is 0.279. The van der Waals surface area contributed by atoms with Crippen molar-refractivity contribution in [3.05, 3.63) is 65.7 Å². The van der Waals surface area contributed by atoms with Crippen LogP contribution >= 0.6 is 0 Å². The highest BCUT2D eigenvalue weighted by Gasteiger charge is 2.36. The van der Waals surface area contributed by atoms with E-state index in [1.807, 2.05) is 23.9 Å². The van der Waals surface area contributed by atoms with E-state index in [4.69, 9.17) is 9.84 Å². The number of halogens is 4. The van der Waals surface area contributed by atoms with Gasteiger partial charge in [0, 0.05) is 75.2 Å². The molecule has 4 heterocycles. The molecule has 0 spiro atoms. The van der Waals surface area contributed by atoms with Gasteiger partial charge in [-0.2, -0.15) is 18.3 Å². The van der Waals surface area contributed by atoms with Gasteiger partial charge in [-0.05, 0) is 57.2 Å². The molecular formula is C33H39F4N7O. The third-order valence-corrected chi connectivity index (χ3v) is 8.89. The zero-order valence-electron chi connectivity index (χ0n) is 25.7. The van der Waals surface area contributed by atoms with Crippen LogP contribution in [0.25, 0.3) is 22.2 Å². The van der Waals surface area contributed by atoms with Gasteiger partial charge in [0.1, 0.15) is 17.6 Å². The van der Waals surface area contributed by atoms with Crippen LogP contribution in [0.15, 0.2) is 48.8 Å². The van der Waals surface area contributed by atoms with Crippen LogP contribution in [0, 0.1) is 11.7 Å². The number of anilines is 1. The average molecular weight is 626 g/mol. The summed E-state index contributed by atoms with van der Waals surface area (Å²) < 4.78 is 61.5. The number of aromatic nitrogens is 4. The molecule has 6 rings (SSSR count). The Kier molecular flexibility index (Phi) is 9.23. The highest BCUT2D eigenvalue weighted by Crippen LogP contribution is 2.36. The fourth-order valence-electron chi connectivity index (χ4n) is 6.29. The minimum atomic E-state index is -4.80. The highest BCUT2D eigenvalue weighted by molar-refractivity contribution is 5.94. The maximum atomic E-state index is 14.5. The molecule has 1 aliphatic carbocycles. The standard InChI is InChI=1S/C33H39F4N7O/c1-3-38-29-18-28-26(19-40-29)31(24-8-4-22(5-9-24)20-43-16-14-42(2)15-17-43)41-44(28)21-23-6-10-25(11-7-23)45-32-30(34)27(12-13-39-32)33(35,36)37/h4-5,8-9,12-13,18-19,23,25H,3,6-7,10-11,14-17,20-21H2,1-2H3,(H,38,40). The summed E-state index contributed by atoms with van der Waals surface area (Å²) >= 11 is 0. The average Bonchev–Trinajstić information content (AvgIpc) is 3.37. The number of nitrogens with zero attached hydrogens (tertiary/aromatic N) is 6. The summed E-state index contributed by atoms with van der Waals surface area (Å²) in [6.07, 6.45) is 0.340. The van der Waals surface area contributed by atoms with Crippen molar-refractivity contribution >= 4 is 16.7 Å². The zero-order chi connectivity index (χ0) is 31.6. The normalized spacial score (nSPS) is 20.0. The molecule has 8 nitrogen and oxygen atoms in total. The van der Waals surface area contributed by atoms with E-state index in [1.54, 1.807) is 0 Å². The molecule has 4 aromatic rings. The Bertz CT molecular complexity index is 1590. The number of ether oxygens (including phenoxy) is 1. The summed E-state index contributed by atoms with van der Waals surface area (Å²) in [7, 11) is 2.16. The molecule has 3 aromatic heterocycles. The van der Waals surface area contributed by atoms with Crippen molar-refractivity contribution in [3.8, 4) is 17.1 Å². The van der Waals surface area contributed by atoms with Gasteiger partial charge in [0.25, 0.3) is 5.88 Å². The van der Waals surface area contributed by atoms with Crippen LogP contribution in [0.3, 0.4) is 0 Å². The van der Waals surface area contributed by atoms with Crippen molar-refractivity contribution in [3.63, 3.8) is 0 Å². The second kappa shape index (κ2) is 13.3. The Balaban J connectivity index is 1.16. The van der Waals surface area contributed by atoms with Crippen LogP contribution in [-0.4, -0.2) is 75.4 Å². The first kappa shape index (κ1) is 31.2. The van der Waals surface area contributed by atoms with Gasteiger partial charge in [0.15, 0.2) is 5.82 Å². The quantitative estimate of drug-likeness (QED) is 0.214. The fourth-order valence-corrected chi connectivity index (χ4v) is 6.29. The molecule has 2 fully saturated rings. The van der Waals surface area contributed by atoms with Crippen molar-refractivity contribution in [2.24, 2.45) is 5.92 Å². The molecule has 2 aliphatic rings. The van der Waals surface area contributed by atoms with Gasteiger partial charge in [0.2, 0.25) is 0 Å². The molecule has 240 valence electrons. The van der Waals surface area contributed by atoms with Gasteiger partial charge in [-0.3, -0.25) is 9.58 Å². The lowest BCUT2D eigenvalue weighted by molar-refractivity contribution is -0.140. The molecule has 0 amide bonds. The fraction of sp³-hybridized carbons (Fsp3) is 0.485. The Morgan fingerprint density at radius 2 is 1.71 bits per heavy atom. The van der Waals surface area contributed by atoms with E-state index in [2.05, 4.69) is 56.4 Å². The van der Waals surface area contributed by atoms with Crippen LogP contribution in [0.4, 0.5) is 23.4 Å². The second-order valence-corrected chi connectivity index (χ2v) is 12.2. The summed E-state index contributed by atoms with van der Waals surface area (Å²) in [4.78, 5) is 13.2. The molecule has 1 saturated heterocycles. The third kappa shape index (κ3) is 7.22. The van der Waals surface area contributed by atoms with Crippen LogP contribution in [0.1, 0.15) is 43.7 Å². The molecule has 1 aromatic carbocycles. The number of rotatable bonds is 9. The van der Waals surface area contributed by atoms with Gasteiger partial charge < -0.3 is 15.0 Å². The van der Waals surface area contributed by atoms with Crippen molar-refractivity contribution < 1.29 is 22.3 Å². The first-order valence-electron chi connectivity index (χ1n) is 15.7. The molecule has 1 N–H and O–H groups in total. The zero-order valence-corrected chi connectivity index (χ0v) is 25.7. The maximum Gasteiger partial charge on any atom is 0.419 e. The van der Waals surface area contributed by atoms with Crippen LogP contribution in [-0.2, 0) is 19.3 Å². The first-order valence-corrected chi connectivity index (χ1v) is 15.7. The number of alkyl halides is 3. The summed E-state index contributed by atoms with van der Waals surface area (Å²) in [5.41, 5.74) is 2.82. The van der Waals surface area contributed by atoms with E-state index in [-0.39, 0.29) is 5.92 Å².